The molecule has 3 rings (SSSR count). The molecule has 1 aromatic rings. The number of hydrogen-bond acceptors (Lipinski definition) is 3. The van der Waals surface area contributed by atoms with E-state index in [9.17, 15) is 5.11 Å². The van der Waals surface area contributed by atoms with Crippen LogP contribution in [0, 0.1) is 5.41 Å². The van der Waals surface area contributed by atoms with E-state index in [-0.39, 0.29) is 17.6 Å². The third kappa shape index (κ3) is 2.26. The van der Waals surface area contributed by atoms with Gasteiger partial charge in [0.2, 0.25) is 0 Å². The van der Waals surface area contributed by atoms with Crippen molar-refractivity contribution < 1.29 is 14.6 Å². The van der Waals surface area contributed by atoms with Crippen LogP contribution in [0.15, 0.2) is 24.3 Å². The number of aliphatic hydroxyl groups is 1. The first kappa shape index (κ1) is 12.9. The molecule has 0 aliphatic heterocycles. The van der Waals surface area contributed by atoms with Crippen molar-refractivity contribution in [2.45, 2.75) is 50.9 Å². The first-order valence-electron chi connectivity index (χ1n) is 7.17. The molecule has 2 fully saturated rings. The summed E-state index contributed by atoms with van der Waals surface area (Å²) in [6.07, 6.45) is 5.59. The van der Waals surface area contributed by atoms with Crippen molar-refractivity contribution in [3.63, 3.8) is 0 Å². The second kappa shape index (κ2) is 5.14. The molecule has 0 bridgehead atoms. The van der Waals surface area contributed by atoms with Crippen LogP contribution in [0.1, 0.15) is 37.7 Å². The van der Waals surface area contributed by atoms with Gasteiger partial charge in [0.15, 0.2) is 0 Å². The molecule has 2 aliphatic rings. The fourth-order valence-corrected chi connectivity index (χ4v) is 3.61. The fraction of sp³-hybridized carbons (Fsp3) is 0.625. The zero-order valence-electron chi connectivity index (χ0n) is 11.5. The third-order valence-corrected chi connectivity index (χ3v) is 4.86. The topological polar surface area (TPSA) is 38.7 Å². The van der Waals surface area contributed by atoms with Gasteiger partial charge in [-0.3, -0.25) is 0 Å². The van der Waals surface area contributed by atoms with Crippen LogP contribution in [-0.4, -0.2) is 24.4 Å². The van der Waals surface area contributed by atoms with Crippen molar-refractivity contribution >= 4 is 0 Å². The summed E-state index contributed by atoms with van der Waals surface area (Å²) < 4.78 is 11.3. The molecule has 2 saturated carbocycles. The van der Waals surface area contributed by atoms with Gasteiger partial charge in [-0.05, 0) is 30.5 Å². The largest absolute Gasteiger partial charge is 0.497 e. The van der Waals surface area contributed by atoms with Crippen molar-refractivity contribution in [1.82, 2.24) is 0 Å². The average Bonchev–Trinajstić information content (AvgIpc) is 2.96. The summed E-state index contributed by atoms with van der Waals surface area (Å²) in [5.74, 6) is 0.866. The zero-order valence-corrected chi connectivity index (χ0v) is 11.5. The lowest BCUT2D eigenvalue weighted by Crippen LogP contribution is -2.56. The highest BCUT2D eigenvalue weighted by Gasteiger charge is 2.56. The van der Waals surface area contributed by atoms with Gasteiger partial charge in [0, 0.05) is 11.8 Å². The number of aliphatic hydroxyl groups excluding tert-OH is 1. The summed E-state index contributed by atoms with van der Waals surface area (Å²) in [6.45, 7) is 0.607. The Morgan fingerprint density at radius 2 is 2.11 bits per heavy atom. The Hall–Kier alpha value is -1.06. The van der Waals surface area contributed by atoms with E-state index in [1.165, 1.54) is 12.8 Å². The van der Waals surface area contributed by atoms with Crippen molar-refractivity contribution in [2.24, 2.45) is 5.41 Å². The van der Waals surface area contributed by atoms with Gasteiger partial charge in [0.25, 0.3) is 0 Å². The van der Waals surface area contributed by atoms with E-state index in [1.807, 2.05) is 18.2 Å². The maximum Gasteiger partial charge on any atom is 0.119 e. The van der Waals surface area contributed by atoms with Crippen LogP contribution in [0.5, 0.6) is 5.75 Å². The molecule has 0 amide bonds. The number of benzene rings is 1. The molecular weight excluding hydrogens is 240 g/mol. The predicted molar refractivity (Wildman–Crippen MR) is 73.1 cm³/mol. The summed E-state index contributed by atoms with van der Waals surface area (Å²) in [5, 5.41) is 10.0. The Balaban J connectivity index is 1.60. The minimum Gasteiger partial charge on any atom is -0.497 e. The van der Waals surface area contributed by atoms with Crippen LogP contribution < -0.4 is 4.74 Å². The lowest BCUT2D eigenvalue weighted by Gasteiger charge is -2.51. The van der Waals surface area contributed by atoms with Gasteiger partial charge in [0.05, 0.1) is 25.9 Å². The molecule has 1 spiro atoms. The van der Waals surface area contributed by atoms with E-state index in [0.29, 0.717) is 6.61 Å². The molecule has 1 aromatic carbocycles. The first-order chi connectivity index (χ1) is 9.24. The molecule has 3 heteroatoms. The molecule has 3 nitrogen and oxygen atoms in total. The molecule has 2 aliphatic carbocycles. The van der Waals surface area contributed by atoms with Gasteiger partial charge in [-0.1, -0.05) is 25.0 Å². The van der Waals surface area contributed by atoms with Gasteiger partial charge < -0.3 is 14.6 Å². The average molecular weight is 262 g/mol. The smallest absolute Gasteiger partial charge is 0.119 e. The highest BCUT2D eigenvalue weighted by Crippen LogP contribution is 2.54. The molecule has 0 saturated heterocycles. The van der Waals surface area contributed by atoms with Crippen LogP contribution in [0.3, 0.4) is 0 Å². The van der Waals surface area contributed by atoms with Gasteiger partial charge >= 0.3 is 0 Å². The van der Waals surface area contributed by atoms with Gasteiger partial charge in [0.1, 0.15) is 5.75 Å². The number of hydrogen-bond donors (Lipinski definition) is 1. The van der Waals surface area contributed by atoms with Crippen molar-refractivity contribution in [1.29, 1.82) is 0 Å². The SMILES string of the molecule is COc1cccc(COC2CC(O)C23CCCC3)c1. The van der Waals surface area contributed by atoms with Gasteiger partial charge in [-0.25, -0.2) is 0 Å². The molecule has 0 heterocycles. The van der Waals surface area contributed by atoms with E-state index in [1.54, 1.807) is 7.11 Å². The van der Waals surface area contributed by atoms with Crippen molar-refractivity contribution in [2.75, 3.05) is 7.11 Å². The van der Waals surface area contributed by atoms with E-state index in [0.717, 1.165) is 30.6 Å². The highest BCUT2D eigenvalue weighted by atomic mass is 16.5. The molecule has 104 valence electrons. The standard InChI is InChI=1S/C16H22O3/c1-18-13-6-4-5-12(9-13)11-19-15-10-14(17)16(15)7-2-3-8-16/h4-6,9,14-15,17H,2-3,7-8,10-11H2,1H3. The first-order valence-corrected chi connectivity index (χ1v) is 7.17. The lowest BCUT2D eigenvalue weighted by molar-refractivity contribution is -0.194. The van der Waals surface area contributed by atoms with Crippen molar-refractivity contribution in [3.8, 4) is 5.75 Å². The lowest BCUT2D eigenvalue weighted by atomic mass is 9.62. The molecule has 0 aromatic heterocycles. The predicted octanol–water partition coefficient (Wildman–Crippen LogP) is 2.91. The minimum atomic E-state index is -0.148. The Kier molecular flexibility index (Phi) is 3.50. The minimum absolute atomic E-state index is 0.0683. The maximum atomic E-state index is 10.0. The summed E-state index contributed by atoms with van der Waals surface area (Å²) in [4.78, 5) is 0. The second-order valence-electron chi connectivity index (χ2n) is 5.84. The summed E-state index contributed by atoms with van der Waals surface area (Å²) in [7, 11) is 1.68. The number of rotatable bonds is 4. The van der Waals surface area contributed by atoms with Crippen molar-refractivity contribution in [3.05, 3.63) is 29.8 Å². The summed E-state index contributed by atoms with van der Waals surface area (Å²) in [5.41, 5.74) is 1.20. The van der Waals surface area contributed by atoms with Crippen LogP contribution in [0.4, 0.5) is 0 Å². The molecule has 2 unspecified atom stereocenters. The van der Waals surface area contributed by atoms with Crippen LogP contribution in [0.25, 0.3) is 0 Å². The Morgan fingerprint density at radius 3 is 2.79 bits per heavy atom. The van der Waals surface area contributed by atoms with Crippen LogP contribution in [-0.2, 0) is 11.3 Å². The molecule has 1 N–H and O–H groups in total. The normalized spacial score (nSPS) is 28.3. The van der Waals surface area contributed by atoms with E-state index >= 15 is 0 Å². The van der Waals surface area contributed by atoms with E-state index < -0.39 is 0 Å². The third-order valence-electron chi connectivity index (χ3n) is 4.86. The Bertz CT molecular complexity index is 437. The summed E-state index contributed by atoms with van der Waals surface area (Å²) >= 11 is 0. The maximum absolute atomic E-state index is 10.0. The van der Waals surface area contributed by atoms with Crippen LogP contribution >= 0.6 is 0 Å². The number of ether oxygens (including phenoxy) is 2. The number of methoxy groups -OCH3 is 1. The quantitative estimate of drug-likeness (QED) is 0.906. The zero-order chi connectivity index (χ0) is 13.3. The second-order valence-corrected chi connectivity index (χ2v) is 5.84. The molecular formula is C16H22O3. The molecule has 0 radical (unpaired) electrons. The molecule has 19 heavy (non-hydrogen) atoms. The molecule has 2 atom stereocenters. The van der Waals surface area contributed by atoms with Gasteiger partial charge in [-0.2, -0.15) is 0 Å². The monoisotopic (exact) mass is 262 g/mol. The van der Waals surface area contributed by atoms with Crippen LogP contribution in [0.2, 0.25) is 0 Å². The Morgan fingerprint density at radius 1 is 1.32 bits per heavy atom. The van der Waals surface area contributed by atoms with Gasteiger partial charge in [-0.15, -0.1) is 0 Å². The fourth-order valence-electron chi connectivity index (χ4n) is 3.61. The summed E-state index contributed by atoms with van der Waals surface area (Å²) in [6, 6.07) is 7.99. The van der Waals surface area contributed by atoms with E-state index in [2.05, 4.69) is 6.07 Å². The Labute approximate surface area is 114 Å². The highest BCUT2D eigenvalue weighted by molar-refractivity contribution is 5.28. The van der Waals surface area contributed by atoms with E-state index in [4.69, 9.17) is 9.47 Å².